The summed E-state index contributed by atoms with van der Waals surface area (Å²) in [5.41, 5.74) is 0. The Morgan fingerprint density at radius 2 is 0.769 bits per heavy atom. The average molecular weight is 251 g/mol. The summed E-state index contributed by atoms with van der Waals surface area (Å²) in [6.45, 7) is 22.0. The lowest BCUT2D eigenvalue weighted by molar-refractivity contribution is 1.77. The zero-order chi connectivity index (χ0) is 12.0. The third-order valence-electron chi connectivity index (χ3n) is 2.25. The van der Waals surface area contributed by atoms with Crippen LogP contribution in [0, 0.1) is 0 Å². The molecule has 0 aliphatic rings. The quantitative estimate of drug-likeness (QED) is 0.673. The van der Waals surface area contributed by atoms with Crippen molar-refractivity contribution in [1.82, 2.24) is 0 Å². The van der Waals surface area contributed by atoms with Crippen molar-refractivity contribution in [1.29, 1.82) is 1.23 Å². The molecular formula is C9H28Si4. The lowest BCUT2D eigenvalue weighted by atomic mass is 11.8. The molecule has 0 fully saturated rings. The van der Waals surface area contributed by atoms with Gasteiger partial charge in [0, 0.05) is 31.3 Å². The minimum absolute atomic E-state index is 1.25. The Morgan fingerprint density at radius 1 is 0.615 bits per heavy atom. The second kappa shape index (κ2) is 3.79. The normalized spacial score (nSPS) is 17.2. The van der Waals surface area contributed by atoms with Crippen molar-refractivity contribution < 1.29 is 0 Å². The lowest BCUT2D eigenvalue weighted by Gasteiger charge is -2.45. The molecule has 0 aromatic carbocycles. The van der Waals surface area contributed by atoms with Crippen molar-refractivity contribution >= 4 is 30.1 Å². The maximum atomic E-state index is 9.20. The Hall–Kier alpha value is 0.868. The van der Waals surface area contributed by atoms with Crippen molar-refractivity contribution in [2.75, 3.05) is 0 Å². The molecule has 0 radical (unpaired) electrons. The van der Waals surface area contributed by atoms with Gasteiger partial charge in [-0.15, -0.1) is 0 Å². The molecule has 13 heavy (non-hydrogen) atoms. The Balaban J connectivity index is 5.54. The third kappa shape index (κ3) is 4.27. The predicted octanol–water partition coefficient (Wildman–Crippen LogP) is 3.46. The molecule has 0 atom stereocenters. The average Bonchev–Trinajstić information content (AvgIpc) is 1.77. The summed E-state index contributed by atoms with van der Waals surface area (Å²) < 4.78 is 9.20. The second-order valence-corrected chi connectivity index (χ2v) is 43.9. The molecule has 0 unspecified atom stereocenters. The number of hydrogen-bond acceptors (Lipinski definition) is 0. The highest BCUT2D eigenvalue weighted by Crippen LogP contribution is 2.25. The fraction of sp³-hybridized carbons (Fsp3) is 1.00. The van der Waals surface area contributed by atoms with Gasteiger partial charge in [-0.1, -0.05) is 58.9 Å². The highest BCUT2D eigenvalue weighted by molar-refractivity contribution is 7.81. The molecule has 0 saturated carbocycles. The van der Waals surface area contributed by atoms with Gasteiger partial charge >= 0.3 is 0 Å². The van der Waals surface area contributed by atoms with E-state index < -0.39 is 30.1 Å². The van der Waals surface area contributed by atoms with Gasteiger partial charge < -0.3 is 0 Å². The van der Waals surface area contributed by atoms with E-state index in [1.165, 1.54) is 0 Å². The van der Waals surface area contributed by atoms with E-state index in [1.807, 2.05) is 0 Å². The maximum absolute atomic E-state index is 9.20. The Bertz CT molecular complexity index is 170. The Morgan fingerprint density at radius 3 is 0.769 bits per heavy atom. The first-order valence-electron chi connectivity index (χ1n) is 5.75. The van der Waals surface area contributed by atoms with Gasteiger partial charge in [0.2, 0.25) is 0 Å². The van der Waals surface area contributed by atoms with Crippen molar-refractivity contribution in [2.45, 2.75) is 58.9 Å². The molecule has 0 aromatic heterocycles. The fourth-order valence-corrected chi connectivity index (χ4v) is 91.1. The third-order valence-corrected chi connectivity index (χ3v) is 60.8. The van der Waals surface area contributed by atoms with E-state index in [2.05, 4.69) is 58.9 Å². The first-order chi connectivity index (χ1) is 5.75. The molecule has 80 valence electrons. The zero-order valence-corrected chi connectivity index (χ0v) is 15.0. The minimum Gasteiger partial charge on any atom is -0.0721 e. The monoisotopic (exact) mass is 250 g/mol. The molecule has 0 aliphatic heterocycles. The van der Waals surface area contributed by atoms with Gasteiger partial charge in [0.15, 0.2) is 0 Å². The highest BCUT2D eigenvalue weighted by Gasteiger charge is 2.46. The molecule has 0 saturated heterocycles. The van der Waals surface area contributed by atoms with Crippen LogP contribution in [-0.4, -0.2) is 31.3 Å². The molecule has 0 amide bonds. The summed E-state index contributed by atoms with van der Waals surface area (Å²) in [7, 11) is -5.45. The van der Waals surface area contributed by atoms with Crippen LogP contribution in [0.1, 0.15) is 0 Å². The van der Waals surface area contributed by atoms with Gasteiger partial charge in [-0.25, -0.2) is 0 Å². The number of hydrogen-bond donors (Lipinski definition) is 0. The number of rotatable bonds is 3. The summed E-state index contributed by atoms with van der Waals surface area (Å²) in [6.07, 6.45) is 0. The summed E-state index contributed by atoms with van der Waals surface area (Å²) in [5, 5.41) is 0. The van der Waals surface area contributed by atoms with Crippen LogP contribution in [0.15, 0.2) is 0 Å². The standard InChI is InChI=1S/C9H28Si4/c1-11(2,3)10(12(4,5)6)13(7,8)9/h10H,1-9H3/i10T. The van der Waals surface area contributed by atoms with Gasteiger partial charge in [0.25, 0.3) is 0 Å². The van der Waals surface area contributed by atoms with Crippen LogP contribution in [0.4, 0.5) is 0 Å². The molecule has 0 bridgehead atoms. The fourth-order valence-electron chi connectivity index (χ4n) is 3.38. The molecular weight excluding hydrogens is 220 g/mol. The van der Waals surface area contributed by atoms with Crippen LogP contribution in [-0.2, 0) is 0 Å². The zero-order valence-electron chi connectivity index (χ0n) is 12.0. The first kappa shape index (κ1) is 11.9. The maximum Gasteiger partial charge on any atom is 0.0300 e. The van der Waals surface area contributed by atoms with Crippen molar-refractivity contribution in [3.8, 4) is 0 Å². The molecule has 0 spiro atoms. The Kier molecular flexibility index (Phi) is 3.48. The van der Waals surface area contributed by atoms with E-state index in [4.69, 9.17) is 0 Å². The van der Waals surface area contributed by atoms with Gasteiger partial charge in [0.1, 0.15) is 0 Å². The van der Waals surface area contributed by atoms with E-state index in [0.717, 1.165) is 0 Å². The van der Waals surface area contributed by atoms with E-state index in [-0.39, 0.29) is 0 Å². The van der Waals surface area contributed by atoms with Crippen molar-refractivity contribution in [2.24, 2.45) is 0 Å². The van der Waals surface area contributed by atoms with E-state index in [9.17, 15) is 1.23 Å². The van der Waals surface area contributed by atoms with Crippen molar-refractivity contribution in [3.63, 3.8) is 0 Å². The molecule has 0 N–H and O–H groups in total. The SMILES string of the molecule is [3H][Si]([Si](C)(C)C)([Si](C)(C)C)[Si](C)(C)C. The van der Waals surface area contributed by atoms with Crippen LogP contribution in [0.2, 0.25) is 58.9 Å². The van der Waals surface area contributed by atoms with Crippen LogP contribution in [0.5, 0.6) is 0 Å². The molecule has 4 heteroatoms. The van der Waals surface area contributed by atoms with E-state index in [1.54, 1.807) is 0 Å². The molecule has 0 rings (SSSR count). The molecule has 0 heterocycles. The van der Waals surface area contributed by atoms with Gasteiger partial charge in [-0.3, -0.25) is 0 Å². The summed E-state index contributed by atoms with van der Waals surface area (Å²) >= 11 is 0. The molecule has 0 aliphatic carbocycles. The van der Waals surface area contributed by atoms with Crippen molar-refractivity contribution in [3.05, 3.63) is 0 Å². The topological polar surface area (TPSA) is 0 Å². The van der Waals surface area contributed by atoms with Crippen LogP contribution < -0.4 is 0 Å². The summed E-state index contributed by atoms with van der Waals surface area (Å²) in [6, 6.07) is 0. The molecule has 0 aromatic rings. The van der Waals surface area contributed by atoms with Crippen LogP contribution in [0.25, 0.3) is 0 Å². The first-order valence-corrected chi connectivity index (χ1v) is 20.2. The Labute approximate surface area is 90.4 Å². The predicted molar refractivity (Wildman–Crippen MR) is 77.2 cm³/mol. The summed E-state index contributed by atoms with van der Waals surface area (Å²) in [4.78, 5) is 0. The van der Waals surface area contributed by atoms with Gasteiger partial charge in [-0.2, -0.15) is 0 Å². The van der Waals surface area contributed by atoms with E-state index in [0.29, 0.717) is 0 Å². The largest absolute Gasteiger partial charge is 0.0721 e. The van der Waals surface area contributed by atoms with Gasteiger partial charge in [-0.05, 0) is 0 Å². The smallest absolute Gasteiger partial charge is 0.0300 e. The van der Waals surface area contributed by atoms with E-state index >= 15 is 0 Å². The lowest BCUT2D eigenvalue weighted by Crippen LogP contribution is -2.70. The molecule has 0 nitrogen and oxygen atoms in total. The minimum atomic E-state index is -1.69. The van der Waals surface area contributed by atoms with Crippen LogP contribution >= 0.6 is 0 Å². The second-order valence-electron chi connectivity index (χ2n) is 7.12. The van der Waals surface area contributed by atoms with Gasteiger partial charge in [0.05, 0.1) is 0 Å². The summed E-state index contributed by atoms with van der Waals surface area (Å²) in [5.74, 6) is 0. The van der Waals surface area contributed by atoms with Crippen LogP contribution in [0.3, 0.4) is 0 Å². The highest BCUT2D eigenvalue weighted by atomic mass is 29.9.